The number of nitrogens with zero attached hydrogens (tertiary/aromatic N) is 2. The summed E-state index contributed by atoms with van der Waals surface area (Å²) in [5.74, 6) is 1.41. The first-order valence-corrected chi connectivity index (χ1v) is 9.04. The molecule has 0 amide bonds. The summed E-state index contributed by atoms with van der Waals surface area (Å²) in [6.45, 7) is 6.91. The maximum atomic E-state index is 12.4. The molecule has 1 heterocycles. The van der Waals surface area contributed by atoms with Crippen LogP contribution < -0.4 is 10.0 Å². The maximum absolute atomic E-state index is 12.4. The summed E-state index contributed by atoms with van der Waals surface area (Å²) in [5, 5.41) is 2.94. The number of aromatic nitrogens is 2. The predicted molar refractivity (Wildman–Crippen MR) is 82.5 cm³/mol. The van der Waals surface area contributed by atoms with Gasteiger partial charge in [-0.25, -0.2) is 23.1 Å². The molecule has 1 aliphatic rings. The van der Waals surface area contributed by atoms with Crippen molar-refractivity contribution in [2.24, 2.45) is 11.8 Å². The van der Waals surface area contributed by atoms with Crippen LogP contribution in [0.15, 0.2) is 17.3 Å². The lowest BCUT2D eigenvalue weighted by Crippen LogP contribution is -2.37. The Morgan fingerprint density at radius 2 is 1.90 bits per heavy atom. The van der Waals surface area contributed by atoms with E-state index in [1.807, 2.05) is 6.92 Å². The zero-order valence-corrected chi connectivity index (χ0v) is 13.7. The van der Waals surface area contributed by atoms with Gasteiger partial charge in [-0.3, -0.25) is 0 Å². The number of rotatable bonds is 6. The van der Waals surface area contributed by atoms with Gasteiger partial charge in [-0.15, -0.1) is 0 Å². The summed E-state index contributed by atoms with van der Waals surface area (Å²) in [6.07, 6.45) is 5.78. The topological polar surface area (TPSA) is 84.0 Å². The van der Waals surface area contributed by atoms with Gasteiger partial charge in [0.25, 0.3) is 0 Å². The van der Waals surface area contributed by atoms with Crippen LogP contribution in [0.1, 0.15) is 40.0 Å². The zero-order valence-electron chi connectivity index (χ0n) is 12.8. The van der Waals surface area contributed by atoms with Crippen molar-refractivity contribution in [2.45, 2.75) is 51.0 Å². The first kappa shape index (κ1) is 16.2. The van der Waals surface area contributed by atoms with E-state index in [1.54, 1.807) is 0 Å². The predicted octanol–water partition coefficient (Wildman–Crippen LogP) is 2.01. The van der Waals surface area contributed by atoms with Crippen molar-refractivity contribution in [1.29, 1.82) is 0 Å². The van der Waals surface area contributed by atoms with Crippen molar-refractivity contribution in [1.82, 2.24) is 14.7 Å². The lowest BCUT2D eigenvalue weighted by molar-refractivity contribution is 0.368. The largest absolute Gasteiger partial charge is 0.355 e. The molecule has 0 bridgehead atoms. The molecule has 118 valence electrons. The Morgan fingerprint density at radius 1 is 1.24 bits per heavy atom. The van der Waals surface area contributed by atoms with Gasteiger partial charge in [0.15, 0.2) is 0 Å². The lowest BCUT2D eigenvalue weighted by atomic mass is 9.94. The standard InChI is InChI=1S/C14H24N4O2S/c1-4-11-6-7-13(10(11)3)18-21(19,20)12-8-16-14(15-5-2)17-9-12/h8-11,13,18H,4-7H2,1-3H3,(H,15,16,17). The monoisotopic (exact) mass is 312 g/mol. The van der Waals surface area contributed by atoms with Gasteiger partial charge in [0.1, 0.15) is 4.90 Å². The minimum Gasteiger partial charge on any atom is -0.355 e. The molecule has 7 heteroatoms. The van der Waals surface area contributed by atoms with E-state index in [-0.39, 0.29) is 10.9 Å². The van der Waals surface area contributed by atoms with Crippen LogP contribution in [0, 0.1) is 11.8 Å². The van der Waals surface area contributed by atoms with Crippen LogP contribution in [-0.2, 0) is 10.0 Å². The molecule has 3 unspecified atom stereocenters. The van der Waals surface area contributed by atoms with E-state index in [9.17, 15) is 8.42 Å². The average molecular weight is 312 g/mol. The number of hydrogen-bond donors (Lipinski definition) is 2. The molecule has 0 aliphatic heterocycles. The summed E-state index contributed by atoms with van der Waals surface area (Å²) >= 11 is 0. The number of hydrogen-bond acceptors (Lipinski definition) is 5. The Bertz CT molecular complexity index is 559. The van der Waals surface area contributed by atoms with Crippen molar-refractivity contribution in [2.75, 3.05) is 11.9 Å². The average Bonchev–Trinajstić information content (AvgIpc) is 2.80. The third-order valence-corrected chi connectivity index (χ3v) is 5.78. The van der Waals surface area contributed by atoms with Gasteiger partial charge in [0, 0.05) is 12.6 Å². The first-order valence-electron chi connectivity index (χ1n) is 7.56. The summed E-state index contributed by atoms with van der Waals surface area (Å²) < 4.78 is 27.6. The van der Waals surface area contributed by atoms with Crippen LogP contribution in [0.25, 0.3) is 0 Å². The van der Waals surface area contributed by atoms with Gasteiger partial charge in [0.05, 0.1) is 12.4 Å². The van der Waals surface area contributed by atoms with E-state index in [0.717, 1.165) is 19.3 Å². The normalized spacial score (nSPS) is 26.0. The second kappa shape index (κ2) is 6.70. The van der Waals surface area contributed by atoms with Crippen LogP contribution >= 0.6 is 0 Å². The molecule has 6 nitrogen and oxygen atoms in total. The molecule has 21 heavy (non-hydrogen) atoms. The van der Waals surface area contributed by atoms with Crippen LogP contribution in [0.3, 0.4) is 0 Å². The van der Waals surface area contributed by atoms with Crippen LogP contribution in [0.4, 0.5) is 5.95 Å². The van der Waals surface area contributed by atoms with E-state index in [4.69, 9.17) is 0 Å². The highest BCUT2D eigenvalue weighted by Crippen LogP contribution is 2.34. The molecule has 3 atom stereocenters. The minimum atomic E-state index is -3.54. The smallest absolute Gasteiger partial charge is 0.243 e. The molecule has 0 saturated heterocycles. The summed E-state index contributed by atoms with van der Waals surface area (Å²) in [5.41, 5.74) is 0. The number of anilines is 1. The maximum Gasteiger partial charge on any atom is 0.243 e. The van der Waals surface area contributed by atoms with Crippen molar-refractivity contribution in [3.05, 3.63) is 12.4 Å². The van der Waals surface area contributed by atoms with Gasteiger partial charge in [-0.1, -0.05) is 20.3 Å². The summed E-state index contributed by atoms with van der Waals surface area (Å²) in [4.78, 5) is 8.16. The Hall–Kier alpha value is -1.21. The highest BCUT2D eigenvalue weighted by Gasteiger charge is 2.34. The second-order valence-electron chi connectivity index (χ2n) is 5.61. The van der Waals surface area contributed by atoms with Crippen molar-refractivity contribution in [3.8, 4) is 0 Å². The fraction of sp³-hybridized carbons (Fsp3) is 0.714. The first-order chi connectivity index (χ1) is 9.97. The van der Waals surface area contributed by atoms with Crippen LogP contribution in [0.5, 0.6) is 0 Å². The highest BCUT2D eigenvalue weighted by atomic mass is 32.2. The Labute approximate surface area is 126 Å². The van der Waals surface area contributed by atoms with Gasteiger partial charge in [-0.05, 0) is 31.6 Å². The molecule has 0 radical (unpaired) electrons. The Kier molecular flexibility index (Phi) is 5.16. The van der Waals surface area contributed by atoms with E-state index >= 15 is 0 Å². The minimum absolute atomic E-state index is 0.00777. The SMILES string of the molecule is CCNc1ncc(S(=O)(=O)NC2CCC(CC)C2C)cn1. The molecule has 1 saturated carbocycles. The van der Waals surface area contributed by atoms with Crippen LogP contribution in [-0.4, -0.2) is 31.0 Å². The molecule has 2 rings (SSSR count). The van der Waals surface area contributed by atoms with E-state index in [0.29, 0.717) is 24.3 Å². The molecular weight excluding hydrogens is 288 g/mol. The zero-order chi connectivity index (χ0) is 15.5. The summed E-state index contributed by atoms with van der Waals surface area (Å²) in [7, 11) is -3.54. The van der Waals surface area contributed by atoms with Gasteiger partial charge < -0.3 is 5.32 Å². The van der Waals surface area contributed by atoms with Crippen molar-refractivity contribution in [3.63, 3.8) is 0 Å². The van der Waals surface area contributed by atoms with E-state index in [1.165, 1.54) is 12.4 Å². The van der Waals surface area contributed by atoms with Gasteiger partial charge in [-0.2, -0.15) is 0 Å². The molecule has 1 aliphatic carbocycles. The molecule has 1 aromatic heterocycles. The third kappa shape index (κ3) is 3.71. The third-order valence-electron chi connectivity index (χ3n) is 4.33. The molecule has 2 N–H and O–H groups in total. The lowest BCUT2D eigenvalue weighted by Gasteiger charge is -2.20. The highest BCUT2D eigenvalue weighted by molar-refractivity contribution is 7.89. The van der Waals surface area contributed by atoms with E-state index in [2.05, 4.69) is 33.9 Å². The fourth-order valence-corrected chi connectivity index (χ4v) is 4.21. The Morgan fingerprint density at radius 3 is 2.43 bits per heavy atom. The van der Waals surface area contributed by atoms with Gasteiger partial charge in [0.2, 0.25) is 16.0 Å². The Balaban J connectivity index is 2.08. The molecular formula is C14H24N4O2S. The number of sulfonamides is 1. The number of nitrogens with one attached hydrogen (secondary N) is 2. The van der Waals surface area contributed by atoms with Crippen LogP contribution in [0.2, 0.25) is 0 Å². The van der Waals surface area contributed by atoms with E-state index < -0.39 is 10.0 Å². The van der Waals surface area contributed by atoms with Gasteiger partial charge >= 0.3 is 0 Å². The molecule has 0 aromatic carbocycles. The van der Waals surface area contributed by atoms with Crippen molar-refractivity contribution < 1.29 is 8.42 Å². The fourth-order valence-electron chi connectivity index (χ4n) is 2.96. The molecule has 1 fully saturated rings. The summed E-state index contributed by atoms with van der Waals surface area (Å²) in [6, 6.07) is 0.00777. The molecule has 0 spiro atoms. The molecule has 1 aromatic rings. The van der Waals surface area contributed by atoms with Crippen molar-refractivity contribution >= 4 is 16.0 Å². The second-order valence-corrected chi connectivity index (χ2v) is 7.32. The quantitative estimate of drug-likeness (QED) is 0.839.